The van der Waals surface area contributed by atoms with E-state index in [4.69, 9.17) is 0 Å². The Morgan fingerprint density at radius 2 is 2.00 bits per heavy atom. The fourth-order valence-corrected chi connectivity index (χ4v) is 1.84. The zero-order chi connectivity index (χ0) is 13.0. The van der Waals surface area contributed by atoms with Crippen LogP contribution >= 0.6 is 0 Å². The highest BCUT2D eigenvalue weighted by Crippen LogP contribution is 2.22. The molecule has 3 nitrogen and oxygen atoms in total. The van der Waals surface area contributed by atoms with Gasteiger partial charge >= 0.3 is 0 Å². The number of hydrogen-bond donors (Lipinski definition) is 0. The molecular formula is C15H14N2O. The molecule has 0 radical (unpaired) electrons. The van der Waals surface area contributed by atoms with Crippen molar-refractivity contribution < 1.29 is 4.79 Å². The zero-order valence-electron chi connectivity index (χ0n) is 10.2. The highest BCUT2D eigenvalue weighted by atomic mass is 16.1. The van der Waals surface area contributed by atoms with E-state index in [2.05, 4.69) is 11.6 Å². The van der Waals surface area contributed by atoms with E-state index in [1.54, 1.807) is 6.08 Å². The van der Waals surface area contributed by atoms with Crippen molar-refractivity contribution in [3.63, 3.8) is 0 Å². The van der Waals surface area contributed by atoms with Crippen LogP contribution in [0.3, 0.4) is 0 Å². The first kappa shape index (κ1) is 12.0. The third-order valence-electron chi connectivity index (χ3n) is 2.63. The lowest BCUT2D eigenvalue weighted by Crippen LogP contribution is -2.00. The molecule has 0 aliphatic heterocycles. The smallest absolute Gasteiger partial charge is 0.219 e. The Labute approximate surface area is 106 Å². The molecule has 0 unspecified atom stereocenters. The van der Waals surface area contributed by atoms with Crippen molar-refractivity contribution in [3.8, 4) is 11.4 Å². The molecule has 0 N–H and O–H groups in total. The van der Waals surface area contributed by atoms with Crippen LogP contribution in [0.2, 0.25) is 0 Å². The largest absolute Gasteiger partial charge is 0.278 e. The van der Waals surface area contributed by atoms with Crippen LogP contribution in [0.15, 0.2) is 43.0 Å². The van der Waals surface area contributed by atoms with E-state index in [1.165, 1.54) is 4.57 Å². The highest BCUT2D eigenvalue weighted by Gasteiger charge is 2.13. The maximum Gasteiger partial charge on any atom is 0.219 e. The second kappa shape index (κ2) is 5.27. The van der Waals surface area contributed by atoms with Gasteiger partial charge < -0.3 is 0 Å². The molecule has 0 spiro atoms. The molecule has 0 bridgehead atoms. The third kappa shape index (κ3) is 2.02. The van der Waals surface area contributed by atoms with E-state index in [9.17, 15) is 4.79 Å². The van der Waals surface area contributed by atoms with Gasteiger partial charge in [-0.25, -0.2) is 4.98 Å². The quantitative estimate of drug-likeness (QED) is 0.766. The van der Waals surface area contributed by atoms with Crippen molar-refractivity contribution in [1.82, 2.24) is 9.55 Å². The molecule has 1 aromatic heterocycles. The molecule has 0 saturated heterocycles. The second-order valence-corrected chi connectivity index (χ2v) is 3.75. The summed E-state index contributed by atoms with van der Waals surface area (Å²) in [4.78, 5) is 15.7. The fraction of sp³-hybridized carbons (Fsp3) is 0.0667. The SMILES string of the molecule is C=Cc1c(/C=C\C)nc(-c2ccccc2)n1C=O. The fourth-order valence-electron chi connectivity index (χ4n) is 1.84. The number of imidazole rings is 1. The molecule has 0 amide bonds. The lowest BCUT2D eigenvalue weighted by Gasteiger charge is -2.01. The van der Waals surface area contributed by atoms with Crippen LogP contribution in [0.25, 0.3) is 23.5 Å². The minimum absolute atomic E-state index is 0.633. The molecule has 18 heavy (non-hydrogen) atoms. The van der Waals surface area contributed by atoms with Gasteiger partial charge in [-0.3, -0.25) is 9.36 Å². The van der Waals surface area contributed by atoms with E-state index >= 15 is 0 Å². The molecular weight excluding hydrogens is 224 g/mol. The number of hydrogen-bond acceptors (Lipinski definition) is 2. The number of carbonyl (C=O) groups excluding carboxylic acids is 1. The van der Waals surface area contributed by atoms with Crippen LogP contribution in [0.4, 0.5) is 0 Å². The van der Waals surface area contributed by atoms with Crippen LogP contribution in [-0.4, -0.2) is 16.0 Å². The molecule has 0 fully saturated rings. The Balaban J connectivity index is 2.68. The monoisotopic (exact) mass is 238 g/mol. The lowest BCUT2D eigenvalue weighted by molar-refractivity contribution is 0.547. The second-order valence-electron chi connectivity index (χ2n) is 3.75. The van der Waals surface area contributed by atoms with Gasteiger partial charge in [-0.15, -0.1) is 0 Å². The summed E-state index contributed by atoms with van der Waals surface area (Å²) in [5, 5.41) is 0. The van der Waals surface area contributed by atoms with Gasteiger partial charge in [-0.2, -0.15) is 0 Å². The number of aromatic nitrogens is 2. The molecule has 2 rings (SSSR count). The van der Waals surface area contributed by atoms with Crippen molar-refractivity contribution in [3.05, 3.63) is 54.4 Å². The normalized spacial score (nSPS) is 10.7. The van der Waals surface area contributed by atoms with E-state index in [1.807, 2.05) is 49.4 Å². The summed E-state index contributed by atoms with van der Waals surface area (Å²) in [6.45, 7) is 5.65. The third-order valence-corrected chi connectivity index (χ3v) is 2.63. The van der Waals surface area contributed by atoms with Crippen molar-refractivity contribution in [2.24, 2.45) is 0 Å². The van der Waals surface area contributed by atoms with E-state index in [0.29, 0.717) is 11.5 Å². The molecule has 3 heteroatoms. The molecule has 2 aromatic rings. The molecule has 0 saturated carbocycles. The topological polar surface area (TPSA) is 34.9 Å². The Hall–Kier alpha value is -2.42. The maximum absolute atomic E-state index is 11.2. The molecule has 0 aliphatic rings. The summed E-state index contributed by atoms with van der Waals surface area (Å²) in [6.07, 6.45) is 6.16. The van der Waals surface area contributed by atoms with Crippen LogP contribution in [0.1, 0.15) is 18.3 Å². The van der Waals surface area contributed by atoms with Gasteiger partial charge in [0.15, 0.2) is 0 Å². The van der Waals surface area contributed by atoms with E-state index < -0.39 is 0 Å². The van der Waals surface area contributed by atoms with Gasteiger partial charge in [0.05, 0.1) is 11.4 Å². The van der Waals surface area contributed by atoms with Crippen molar-refractivity contribution >= 4 is 18.6 Å². The average molecular weight is 238 g/mol. The number of carbonyl (C=O) groups is 1. The molecule has 90 valence electrons. The summed E-state index contributed by atoms with van der Waals surface area (Å²) in [5.41, 5.74) is 2.36. The van der Waals surface area contributed by atoms with Gasteiger partial charge in [0, 0.05) is 5.56 Å². The molecule has 1 heterocycles. The van der Waals surface area contributed by atoms with Crippen LogP contribution in [-0.2, 0) is 4.79 Å². The number of rotatable bonds is 4. The first-order valence-corrected chi connectivity index (χ1v) is 5.70. The summed E-state index contributed by atoms with van der Waals surface area (Å²) >= 11 is 0. The summed E-state index contributed by atoms with van der Waals surface area (Å²) in [5.74, 6) is 0.633. The summed E-state index contributed by atoms with van der Waals surface area (Å²) < 4.78 is 1.51. The van der Waals surface area contributed by atoms with Gasteiger partial charge in [0.2, 0.25) is 6.41 Å². The van der Waals surface area contributed by atoms with Crippen LogP contribution < -0.4 is 0 Å². The first-order valence-electron chi connectivity index (χ1n) is 5.70. The zero-order valence-corrected chi connectivity index (χ0v) is 10.2. The minimum Gasteiger partial charge on any atom is -0.278 e. The Bertz CT molecular complexity index is 594. The van der Waals surface area contributed by atoms with Crippen LogP contribution in [0.5, 0.6) is 0 Å². The van der Waals surface area contributed by atoms with Crippen molar-refractivity contribution in [1.29, 1.82) is 0 Å². The van der Waals surface area contributed by atoms with Gasteiger partial charge in [-0.05, 0) is 19.1 Å². The molecule has 1 aromatic carbocycles. The maximum atomic E-state index is 11.2. The number of nitrogens with zero attached hydrogens (tertiary/aromatic N) is 2. The number of allylic oxidation sites excluding steroid dienone is 1. The Morgan fingerprint density at radius 1 is 1.28 bits per heavy atom. The lowest BCUT2D eigenvalue weighted by atomic mass is 10.2. The first-order chi connectivity index (χ1) is 8.81. The predicted octanol–water partition coefficient (Wildman–Crippen LogP) is 3.26. The highest BCUT2D eigenvalue weighted by molar-refractivity contribution is 5.75. The van der Waals surface area contributed by atoms with Gasteiger partial charge in [0.25, 0.3) is 0 Å². The minimum atomic E-state index is 0.633. The standard InChI is InChI=1S/C15H14N2O/c1-3-8-13-14(4-2)17(11-18)15(16-13)12-9-6-5-7-10-12/h3-11H,2H2,1H3/b8-3-. The van der Waals surface area contributed by atoms with E-state index in [0.717, 1.165) is 17.7 Å². The van der Waals surface area contributed by atoms with Gasteiger partial charge in [-0.1, -0.05) is 43.0 Å². The molecule has 0 atom stereocenters. The Morgan fingerprint density at radius 3 is 2.56 bits per heavy atom. The summed E-state index contributed by atoms with van der Waals surface area (Å²) in [6, 6.07) is 9.62. The summed E-state index contributed by atoms with van der Waals surface area (Å²) in [7, 11) is 0. The van der Waals surface area contributed by atoms with Crippen LogP contribution in [0, 0.1) is 0 Å². The average Bonchev–Trinajstić information content (AvgIpc) is 2.77. The Kier molecular flexibility index (Phi) is 3.53. The predicted molar refractivity (Wildman–Crippen MR) is 74.6 cm³/mol. The van der Waals surface area contributed by atoms with E-state index in [-0.39, 0.29) is 0 Å². The number of benzene rings is 1. The van der Waals surface area contributed by atoms with Crippen molar-refractivity contribution in [2.45, 2.75) is 6.92 Å². The van der Waals surface area contributed by atoms with Crippen molar-refractivity contribution in [2.75, 3.05) is 0 Å². The van der Waals surface area contributed by atoms with Gasteiger partial charge in [0.1, 0.15) is 5.82 Å². The molecule has 0 aliphatic carbocycles.